The fraction of sp³-hybridized carbons (Fsp3) is 0.176. The first-order valence-electron chi connectivity index (χ1n) is 7.02. The van der Waals surface area contributed by atoms with Gasteiger partial charge in [-0.15, -0.1) is 0 Å². The molecule has 0 atom stereocenters. The monoisotopic (exact) mass is 364 g/mol. The highest BCUT2D eigenvalue weighted by atomic mass is 35.5. The third-order valence-corrected chi connectivity index (χ3v) is 5.27. The van der Waals surface area contributed by atoms with Crippen LogP contribution in [0.5, 0.6) is 0 Å². The molecule has 0 radical (unpaired) electrons. The van der Waals surface area contributed by atoms with Crippen molar-refractivity contribution in [2.45, 2.75) is 19.0 Å². The Morgan fingerprint density at radius 1 is 1.13 bits per heavy atom. The molecule has 0 fully saturated rings. The number of ketones is 1. The highest BCUT2D eigenvalue weighted by Gasteiger charge is 2.11. The Morgan fingerprint density at radius 3 is 2.61 bits per heavy atom. The molecule has 0 saturated heterocycles. The zero-order valence-electron chi connectivity index (χ0n) is 12.6. The lowest BCUT2D eigenvalue weighted by atomic mass is 10.1. The first kappa shape index (κ1) is 16.4. The maximum Gasteiger partial charge on any atom is 0.173 e. The molecule has 0 aliphatic carbocycles. The fourth-order valence-corrected chi connectivity index (χ4v) is 3.28. The molecule has 2 aromatic carbocycles. The average molecular weight is 365 g/mol. The van der Waals surface area contributed by atoms with Gasteiger partial charge in [0.05, 0.1) is 26.8 Å². The summed E-state index contributed by atoms with van der Waals surface area (Å²) >= 11 is 13.2. The molecule has 3 rings (SSSR count). The summed E-state index contributed by atoms with van der Waals surface area (Å²) in [7, 11) is 0. The number of benzene rings is 2. The van der Waals surface area contributed by atoms with Crippen molar-refractivity contribution in [1.82, 2.24) is 9.97 Å². The van der Waals surface area contributed by atoms with Gasteiger partial charge in [-0.25, -0.2) is 4.98 Å². The van der Waals surface area contributed by atoms with Crippen LogP contribution in [0, 0.1) is 13.8 Å². The summed E-state index contributed by atoms with van der Waals surface area (Å²) in [6, 6.07) is 9.03. The Labute approximate surface area is 148 Å². The van der Waals surface area contributed by atoms with E-state index in [0.29, 0.717) is 15.6 Å². The fourth-order valence-electron chi connectivity index (χ4n) is 2.20. The Kier molecular flexibility index (Phi) is 4.67. The predicted octanol–water partition coefficient (Wildman–Crippen LogP) is 5.46. The number of nitrogens with zero attached hydrogens (tertiary/aromatic N) is 1. The normalized spacial score (nSPS) is 11.1. The van der Waals surface area contributed by atoms with Crippen molar-refractivity contribution in [3.63, 3.8) is 0 Å². The lowest BCUT2D eigenvalue weighted by molar-refractivity contribution is 0.102. The van der Waals surface area contributed by atoms with Gasteiger partial charge in [0.25, 0.3) is 0 Å². The number of fused-ring (bicyclic) bond motifs is 1. The third kappa shape index (κ3) is 3.55. The number of aromatic amines is 1. The molecule has 0 aliphatic rings. The number of hydrogen-bond acceptors (Lipinski definition) is 3. The maximum atomic E-state index is 12.2. The van der Waals surface area contributed by atoms with Crippen molar-refractivity contribution in [3.8, 4) is 0 Å². The SMILES string of the molecule is Cc1cc2nc(SCC(=O)c3ccc(Cl)c(Cl)c3)[nH]c2cc1C. The molecule has 6 heteroatoms. The average Bonchev–Trinajstić information content (AvgIpc) is 2.90. The molecular weight excluding hydrogens is 351 g/mol. The van der Waals surface area contributed by atoms with Gasteiger partial charge in [0.2, 0.25) is 0 Å². The predicted molar refractivity (Wildman–Crippen MR) is 97.1 cm³/mol. The van der Waals surface area contributed by atoms with Gasteiger partial charge in [-0.05, 0) is 55.3 Å². The summed E-state index contributed by atoms with van der Waals surface area (Å²) in [6.45, 7) is 4.13. The molecule has 1 N–H and O–H groups in total. The number of thioether (sulfide) groups is 1. The van der Waals surface area contributed by atoms with E-state index in [9.17, 15) is 4.79 Å². The van der Waals surface area contributed by atoms with E-state index in [1.165, 1.54) is 22.9 Å². The van der Waals surface area contributed by atoms with E-state index in [1.807, 2.05) is 6.07 Å². The number of nitrogens with one attached hydrogen (secondary N) is 1. The second-order valence-corrected chi connectivity index (χ2v) is 7.11. The van der Waals surface area contributed by atoms with Crippen LogP contribution in [0.15, 0.2) is 35.5 Å². The van der Waals surface area contributed by atoms with Crippen molar-refractivity contribution >= 4 is 51.8 Å². The number of imidazole rings is 1. The molecule has 3 aromatic rings. The van der Waals surface area contributed by atoms with Gasteiger partial charge in [-0.1, -0.05) is 35.0 Å². The van der Waals surface area contributed by atoms with Crippen molar-refractivity contribution in [2.75, 3.05) is 5.75 Å². The number of carbonyl (C=O) groups excluding carboxylic acids is 1. The van der Waals surface area contributed by atoms with Crippen LogP contribution >= 0.6 is 35.0 Å². The number of hydrogen-bond donors (Lipinski definition) is 1. The Hall–Kier alpha value is -1.49. The standard InChI is InChI=1S/C17H14Cl2N2OS/c1-9-5-14-15(6-10(9)2)21-17(20-14)23-8-16(22)11-3-4-12(18)13(19)7-11/h3-7H,8H2,1-2H3,(H,20,21). The summed E-state index contributed by atoms with van der Waals surface area (Å²) < 4.78 is 0. The highest BCUT2D eigenvalue weighted by Crippen LogP contribution is 2.25. The molecular formula is C17H14Cl2N2OS. The van der Waals surface area contributed by atoms with E-state index in [-0.39, 0.29) is 11.5 Å². The van der Waals surface area contributed by atoms with E-state index >= 15 is 0 Å². The van der Waals surface area contributed by atoms with Crippen molar-refractivity contribution < 1.29 is 4.79 Å². The molecule has 0 saturated carbocycles. The van der Waals surface area contributed by atoms with Gasteiger partial charge in [-0.2, -0.15) is 0 Å². The summed E-state index contributed by atoms with van der Waals surface area (Å²) in [5, 5.41) is 1.56. The number of Topliss-reactive ketones (excluding diaryl/α,β-unsaturated/α-hetero) is 1. The Bertz CT molecular complexity index is 866. The number of rotatable bonds is 4. The van der Waals surface area contributed by atoms with E-state index in [4.69, 9.17) is 23.2 Å². The lowest BCUT2D eigenvalue weighted by Gasteiger charge is -2.01. The second-order valence-electron chi connectivity index (χ2n) is 5.34. The minimum Gasteiger partial charge on any atom is -0.333 e. The molecule has 0 amide bonds. The molecule has 118 valence electrons. The molecule has 1 heterocycles. The van der Waals surface area contributed by atoms with Gasteiger partial charge in [0.15, 0.2) is 10.9 Å². The number of halogens is 2. The number of aryl methyl sites for hydroxylation is 2. The van der Waals surface area contributed by atoms with Crippen LogP contribution < -0.4 is 0 Å². The summed E-state index contributed by atoms with van der Waals surface area (Å²) in [5.74, 6) is 0.275. The second kappa shape index (κ2) is 6.56. The first-order chi connectivity index (χ1) is 10.9. The van der Waals surface area contributed by atoms with Crippen molar-refractivity contribution in [2.24, 2.45) is 0 Å². The zero-order valence-corrected chi connectivity index (χ0v) is 14.9. The van der Waals surface area contributed by atoms with Crippen LogP contribution in [0.25, 0.3) is 11.0 Å². The number of H-pyrrole nitrogens is 1. The largest absolute Gasteiger partial charge is 0.333 e. The first-order valence-corrected chi connectivity index (χ1v) is 8.76. The molecule has 0 spiro atoms. The smallest absolute Gasteiger partial charge is 0.173 e. The molecule has 3 nitrogen and oxygen atoms in total. The summed E-state index contributed by atoms with van der Waals surface area (Å²) in [5.41, 5.74) is 4.86. The Morgan fingerprint density at radius 2 is 1.87 bits per heavy atom. The van der Waals surface area contributed by atoms with Crippen LogP contribution in [0.2, 0.25) is 10.0 Å². The molecule has 0 bridgehead atoms. The summed E-state index contributed by atoms with van der Waals surface area (Å²) in [4.78, 5) is 20.0. The Balaban J connectivity index is 1.74. The van der Waals surface area contributed by atoms with E-state index in [2.05, 4.69) is 29.9 Å². The van der Waals surface area contributed by atoms with Crippen LogP contribution in [0.4, 0.5) is 0 Å². The molecule has 1 aromatic heterocycles. The quantitative estimate of drug-likeness (QED) is 0.493. The van der Waals surface area contributed by atoms with Gasteiger partial charge in [0, 0.05) is 5.56 Å². The van der Waals surface area contributed by atoms with Crippen LogP contribution in [0.3, 0.4) is 0 Å². The van der Waals surface area contributed by atoms with Crippen molar-refractivity contribution in [3.05, 3.63) is 57.1 Å². The van der Waals surface area contributed by atoms with Crippen LogP contribution in [-0.2, 0) is 0 Å². The van der Waals surface area contributed by atoms with Gasteiger partial charge in [-0.3, -0.25) is 4.79 Å². The number of aromatic nitrogens is 2. The van der Waals surface area contributed by atoms with Crippen molar-refractivity contribution in [1.29, 1.82) is 0 Å². The minimum absolute atomic E-state index is 0.0126. The maximum absolute atomic E-state index is 12.2. The van der Waals surface area contributed by atoms with E-state index in [0.717, 1.165) is 16.2 Å². The topological polar surface area (TPSA) is 45.8 Å². The minimum atomic E-state index is -0.0126. The van der Waals surface area contributed by atoms with E-state index < -0.39 is 0 Å². The number of carbonyl (C=O) groups is 1. The van der Waals surface area contributed by atoms with E-state index in [1.54, 1.807) is 18.2 Å². The van der Waals surface area contributed by atoms with Crippen LogP contribution in [0.1, 0.15) is 21.5 Å². The lowest BCUT2D eigenvalue weighted by Crippen LogP contribution is -2.02. The molecule has 23 heavy (non-hydrogen) atoms. The zero-order chi connectivity index (χ0) is 16.6. The molecule has 0 aliphatic heterocycles. The third-order valence-electron chi connectivity index (χ3n) is 3.66. The van der Waals surface area contributed by atoms with Gasteiger partial charge in [0.1, 0.15) is 0 Å². The van der Waals surface area contributed by atoms with Gasteiger partial charge < -0.3 is 4.98 Å². The summed E-state index contributed by atoms with van der Waals surface area (Å²) in [6.07, 6.45) is 0. The highest BCUT2D eigenvalue weighted by molar-refractivity contribution is 7.99. The van der Waals surface area contributed by atoms with Crippen LogP contribution in [-0.4, -0.2) is 21.5 Å². The molecule has 0 unspecified atom stereocenters. The van der Waals surface area contributed by atoms with Gasteiger partial charge >= 0.3 is 0 Å².